The summed E-state index contributed by atoms with van der Waals surface area (Å²) in [7, 11) is 0. The van der Waals surface area contributed by atoms with Crippen molar-refractivity contribution in [1.29, 1.82) is 0 Å². The molecule has 5 N–H and O–H groups in total. The first kappa shape index (κ1) is 17.2. The van der Waals surface area contributed by atoms with Crippen molar-refractivity contribution < 1.29 is 4.79 Å². The molecule has 25 heavy (non-hydrogen) atoms. The molecule has 1 aromatic carbocycles. The maximum absolute atomic E-state index is 10.2. The highest BCUT2D eigenvalue weighted by Gasteiger charge is 2.56. The van der Waals surface area contributed by atoms with Gasteiger partial charge in [-0.05, 0) is 55.2 Å². The van der Waals surface area contributed by atoms with E-state index in [9.17, 15) is 4.79 Å². The van der Waals surface area contributed by atoms with Gasteiger partial charge in [0, 0.05) is 24.0 Å². The molecule has 1 saturated carbocycles. The van der Waals surface area contributed by atoms with Crippen LogP contribution in [0.2, 0.25) is 0 Å². The van der Waals surface area contributed by atoms with Crippen molar-refractivity contribution in [1.82, 2.24) is 10.2 Å². The quantitative estimate of drug-likeness (QED) is 0.383. The molecule has 3 rings (SSSR count). The Balaban J connectivity index is 1.65. The van der Waals surface area contributed by atoms with Crippen LogP contribution in [0.4, 0.5) is 5.69 Å². The fourth-order valence-electron chi connectivity index (χ4n) is 3.67. The van der Waals surface area contributed by atoms with Crippen LogP contribution in [0.1, 0.15) is 31.7 Å². The van der Waals surface area contributed by atoms with Crippen molar-refractivity contribution in [3.05, 3.63) is 53.4 Å². The smallest absolute Gasteiger partial charge is 0.211 e. The van der Waals surface area contributed by atoms with Gasteiger partial charge < -0.3 is 16.8 Å². The van der Waals surface area contributed by atoms with Crippen molar-refractivity contribution >= 4 is 17.9 Å². The monoisotopic (exact) mass is 339 g/mol. The number of benzene rings is 1. The number of likely N-dealkylation sites (N-methyl/N-ethyl adjacent to an activating group) is 1. The number of carbonyl (C=O) groups is 1. The third-order valence-electron chi connectivity index (χ3n) is 5.07. The summed E-state index contributed by atoms with van der Waals surface area (Å²) in [6.07, 6.45) is 6.90. The van der Waals surface area contributed by atoms with Crippen LogP contribution in [-0.4, -0.2) is 29.2 Å². The molecule has 2 aliphatic rings. The van der Waals surface area contributed by atoms with E-state index >= 15 is 0 Å². The van der Waals surface area contributed by atoms with Crippen molar-refractivity contribution in [3.8, 4) is 0 Å². The Morgan fingerprint density at radius 1 is 1.40 bits per heavy atom. The van der Waals surface area contributed by atoms with Gasteiger partial charge in [0.25, 0.3) is 0 Å². The number of rotatable bonds is 8. The van der Waals surface area contributed by atoms with E-state index in [4.69, 9.17) is 11.5 Å². The van der Waals surface area contributed by atoms with E-state index in [0.717, 1.165) is 43.7 Å². The first-order valence-corrected chi connectivity index (χ1v) is 8.61. The zero-order chi connectivity index (χ0) is 17.9. The Morgan fingerprint density at radius 2 is 2.16 bits per heavy atom. The summed E-state index contributed by atoms with van der Waals surface area (Å²) in [4.78, 5) is 17.0. The minimum absolute atomic E-state index is 0.233. The molecule has 2 aliphatic carbocycles. The average Bonchev–Trinajstić information content (AvgIpc) is 3.27. The van der Waals surface area contributed by atoms with E-state index in [-0.39, 0.29) is 5.54 Å². The lowest BCUT2D eigenvalue weighted by molar-refractivity contribution is -0.108. The zero-order valence-electron chi connectivity index (χ0n) is 14.5. The molecule has 0 radical (unpaired) electrons. The summed E-state index contributed by atoms with van der Waals surface area (Å²) >= 11 is 0. The first-order chi connectivity index (χ1) is 12.1. The molecule has 0 bridgehead atoms. The summed E-state index contributed by atoms with van der Waals surface area (Å²) in [6, 6.07) is 8.09. The second-order valence-corrected chi connectivity index (χ2v) is 6.55. The molecule has 6 heteroatoms. The van der Waals surface area contributed by atoms with Gasteiger partial charge in [-0.1, -0.05) is 19.1 Å². The fourth-order valence-corrected chi connectivity index (χ4v) is 3.67. The predicted molar refractivity (Wildman–Crippen MR) is 99.9 cm³/mol. The van der Waals surface area contributed by atoms with Crippen LogP contribution in [0.15, 0.2) is 52.8 Å². The van der Waals surface area contributed by atoms with Gasteiger partial charge in [-0.3, -0.25) is 9.69 Å². The Labute approximate surface area is 148 Å². The molecule has 1 aromatic rings. The largest absolute Gasteiger partial charge is 0.402 e. The van der Waals surface area contributed by atoms with Crippen LogP contribution >= 0.6 is 0 Å². The molecule has 6 nitrogen and oxygen atoms in total. The third kappa shape index (κ3) is 3.58. The van der Waals surface area contributed by atoms with Gasteiger partial charge in [-0.2, -0.15) is 0 Å². The van der Waals surface area contributed by atoms with Gasteiger partial charge >= 0.3 is 0 Å². The number of carbonyl (C=O) groups excluding carboxylic acids is 1. The predicted octanol–water partition coefficient (Wildman–Crippen LogP) is 1.91. The fraction of sp³-hybridized carbons (Fsp3) is 0.368. The summed E-state index contributed by atoms with van der Waals surface area (Å²) in [5.41, 5.74) is 16.7. The van der Waals surface area contributed by atoms with E-state index in [1.165, 1.54) is 17.3 Å². The molecular formula is C19H25N5O. The van der Waals surface area contributed by atoms with Crippen LogP contribution < -0.4 is 16.8 Å². The number of hydrogen-bond acceptors (Lipinski definition) is 4. The number of nitrogens with zero attached hydrogens (tertiary/aromatic N) is 2. The second-order valence-electron chi connectivity index (χ2n) is 6.55. The molecule has 0 saturated heterocycles. The lowest BCUT2D eigenvalue weighted by Gasteiger charge is -2.29. The van der Waals surface area contributed by atoms with E-state index in [1.54, 1.807) is 6.08 Å². The highest BCUT2D eigenvalue weighted by Crippen LogP contribution is 2.57. The Morgan fingerprint density at radius 3 is 2.72 bits per heavy atom. The molecule has 0 aromatic heterocycles. The zero-order valence-corrected chi connectivity index (χ0v) is 14.5. The van der Waals surface area contributed by atoms with Gasteiger partial charge in [0.1, 0.15) is 5.84 Å². The molecule has 132 valence electrons. The Kier molecular flexibility index (Phi) is 4.90. The lowest BCUT2D eigenvalue weighted by Crippen LogP contribution is -2.36. The van der Waals surface area contributed by atoms with Crippen LogP contribution in [0.25, 0.3) is 0 Å². The van der Waals surface area contributed by atoms with Gasteiger partial charge in [-0.25, -0.2) is 4.99 Å². The van der Waals surface area contributed by atoms with E-state index in [1.807, 2.05) is 12.1 Å². The average molecular weight is 339 g/mol. The number of nitrogens with one attached hydrogen (secondary N) is 1. The summed E-state index contributed by atoms with van der Waals surface area (Å²) < 4.78 is 0. The third-order valence-corrected chi connectivity index (χ3v) is 5.07. The summed E-state index contributed by atoms with van der Waals surface area (Å²) in [5, 5.41) is 2.40. The van der Waals surface area contributed by atoms with E-state index < -0.39 is 0 Å². The first-order valence-electron chi connectivity index (χ1n) is 8.61. The van der Waals surface area contributed by atoms with Gasteiger partial charge in [0.05, 0.1) is 5.69 Å². The van der Waals surface area contributed by atoms with E-state index in [0.29, 0.717) is 12.2 Å². The lowest BCUT2D eigenvalue weighted by atomic mass is 10.1. The maximum atomic E-state index is 10.2. The highest BCUT2D eigenvalue weighted by molar-refractivity contribution is 5.93. The van der Waals surface area contributed by atoms with Gasteiger partial charge in [-0.15, -0.1) is 0 Å². The highest BCUT2D eigenvalue weighted by atomic mass is 16.1. The molecule has 0 heterocycles. The number of amides is 1. The maximum Gasteiger partial charge on any atom is 0.211 e. The SMILES string of the molecule is CCN(Cc1ccc(N=C(N)/C=C\NC=O)cc1)C12CCC(N)=C1C2. The Hall–Kier alpha value is -2.60. The molecule has 1 atom stereocenters. The summed E-state index contributed by atoms with van der Waals surface area (Å²) in [6.45, 7) is 4.13. The number of allylic oxidation sites excluding steroid dienone is 1. The molecule has 1 unspecified atom stereocenters. The number of aliphatic imine (C=N–C) groups is 1. The van der Waals surface area contributed by atoms with Crippen molar-refractivity contribution in [2.75, 3.05) is 6.54 Å². The molecule has 0 spiro atoms. The Bertz CT molecular complexity index is 735. The number of fused-ring (bicyclic) bond motifs is 1. The standard InChI is InChI=1S/C19H25N5O/c1-2-24(19-9-7-17(20)16(19)11-19)12-14-3-5-15(6-4-14)23-18(21)8-10-22-13-25/h3-6,8,10,13H,2,7,9,11-12,20H2,1H3,(H2,21,23)(H,22,25)/b10-8-. The topological polar surface area (TPSA) is 96.7 Å². The van der Waals surface area contributed by atoms with Crippen LogP contribution in [0, 0.1) is 0 Å². The number of amidine groups is 1. The second kappa shape index (κ2) is 7.11. The summed E-state index contributed by atoms with van der Waals surface area (Å²) in [5.74, 6) is 0.338. The van der Waals surface area contributed by atoms with E-state index in [2.05, 4.69) is 34.3 Å². The van der Waals surface area contributed by atoms with Crippen LogP contribution in [0.5, 0.6) is 0 Å². The number of nitrogens with two attached hydrogens (primary N) is 2. The minimum Gasteiger partial charge on any atom is -0.402 e. The van der Waals surface area contributed by atoms with Crippen molar-refractivity contribution in [3.63, 3.8) is 0 Å². The van der Waals surface area contributed by atoms with Gasteiger partial charge in [0.15, 0.2) is 0 Å². The van der Waals surface area contributed by atoms with Crippen molar-refractivity contribution in [2.24, 2.45) is 16.5 Å². The van der Waals surface area contributed by atoms with Gasteiger partial charge in [0.2, 0.25) is 6.41 Å². The molecule has 1 amide bonds. The minimum atomic E-state index is 0.233. The van der Waals surface area contributed by atoms with Crippen molar-refractivity contribution in [2.45, 2.75) is 38.3 Å². The normalized spacial score (nSPS) is 22.6. The number of hydrogen-bond donors (Lipinski definition) is 3. The molecule has 1 fully saturated rings. The van der Waals surface area contributed by atoms with Crippen LogP contribution in [-0.2, 0) is 11.3 Å². The molecule has 0 aliphatic heterocycles. The molecular weight excluding hydrogens is 314 g/mol. The van der Waals surface area contributed by atoms with Crippen LogP contribution in [0.3, 0.4) is 0 Å².